The van der Waals surface area contributed by atoms with Gasteiger partial charge in [-0.25, -0.2) is 0 Å². The Morgan fingerprint density at radius 2 is 2.03 bits per heavy atom. The summed E-state index contributed by atoms with van der Waals surface area (Å²) in [5.74, 6) is 0.560. The third kappa shape index (κ3) is 5.27. The molecule has 4 rings (SSSR count). The van der Waals surface area contributed by atoms with Crippen molar-refractivity contribution in [1.82, 2.24) is 4.90 Å². The van der Waals surface area contributed by atoms with E-state index in [0.717, 1.165) is 16.0 Å². The Labute approximate surface area is 190 Å². The van der Waals surface area contributed by atoms with E-state index in [1.807, 2.05) is 66.9 Å². The standard InChI is InChI=1S/C24H23ClN2O3S/c1-2-21-24(29)27(14-16-5-7-18(25)8-6-16)15-17-12-19(9-10-22(17)30-21)26-23(28)13-20-4-3-11-31-20/h3-12,21H,2,13-15H2,1H3,(H,26,28)/t21-/m1/s1. The number of hydrogen-bond donors (Lipinski definition) is 1. The summed E-state index contributed by atoms with van der Waals surface area (Å²) in [4.78, 5) is 28.3. The average molecular weight is 455 g/mol. The molecule has 0 unspecified atom stereocenters. The van der Waals surface area contributed by atoms with Crippen LogP contribution in [-0.4, -0.2) is 22.8 Å². The summed E-state index contributed by atoms with van der Waals surface area (Å²) >= 11 is 7.55. The van der Waals surface area contributed by atoms with Gasteiger partial charge in [-0.3, -0.25) is 9.59 Å². The maximum atomic E-state index is 13.1. The molecule has 0 bridgehead atoms. The first-order valence-electron chi connectivity index (χ1n) is 10.2. The number of thiophene rings is 1. The topological polar surface area (TPSA) is 58.6 Å². The summed E-state index contributed by atoms with van der Waals surface area (Å²) in [6.45, 7) is 2.80. The zero-order valence-corrected chi connectivity index (χ0v) is 18.7. The molecule has 7 heteroatoms. The van der Waals surface area contributed by atoms with E-state index < -0.39 is 6.10 Å². The normalized spacial score (nSPS) is 15.7. The third-order valence-corrected chi connectivity index (χ3v) is 6.26. The van der Waals surface area contributed by atoms with Gasteiger partial charge in [0.2, 0.25) is 5.91 Å². The molecule has 1 aliphatic rings. The van der Waals surface area contributed by atoms with Crippen molar-refractivity contribution in [1.29, 1.82) is 0 Å². The second kappa shape index (κ2) is 9.54. The Morgan fingerprint density at radius 3 is 2.74 bits per heavy atom. The number of halogens is 1. The van der Waals surface area contributed by atoms with Crippen molar-refractivity contribution in [3.05, 3.63) is 81.0 Å². The van der Waals surface area contributed by atoms with Crippen LogP contribution in [0.2, 0.25) is 5.02 Å². The van der Waals surface area contributed by atoms with Crippen molar-refractivity contribution in [2.75, 3.05) is 5.32 Å². The number of benzene rings is 2. The molecule has 160 valence electrons. The van der Waals surface area contributed by atoms with Gasteiger partial charge < -0.3 is 15.0 Å². The lowest BCUT2D eigenvalue weighted by Gasteiger charge is -2.23. The molecule has 0 spiro atoms. The molecule has 0 aliphatic carbocycles. The van der Waals surface area contributed by atoms with Crippen molar-refractivity contribution in [2.45, 2.75) is 39.0 Å². The number of hydrogen-bond acceptors (Lipinski definition) is 4. The lowest BCUT2D eigenvalue weighted by Crippen LogP contribution is -2.38. The molecule has 0 saturated heterocycles. The van der Waals surface area contributed by atoms with Gasteiger partial charge in [-0.2, -0.15) is 0 Å². The van der Waals surface area contributed by atoms with E-state index in [9.17, 15) is 9.59 Å². The summed E-state index contributed by atoms with van der Waals surface area (Å²) in [5.41, 5.74) is 2.56. The molecule has 2 amide bonds. The molecule has 1 aliphatic heterocycles. The van der Waals surface area contributed by atoms with Crippen LogP contribution in [0.1, 0.15) is 29.3 Å². The van der Waals surface area contributed by atoms with Crippen LogP contribution < -0.4 is 10.1 Å². The second-order valence-electron chi connectivity index (χ2n) is 7.46. The number of nitrogens with one attached hydrogen (secondary N) is 1. The minimum absolute atomic E-state index is 0.0445. The van der Waals surface area contributed by atoms with Crippen molar-refractivity contribution in [3.8, 4) is 5.75 Å². The first-order chi connectivity index (χ1) is 15.0. The van der Waals surface area contributed by atoms with Crippen LogP contribution in [0.25, 0.3) is 0 Å². The Balaban J connectivity index is 1.54. The van der Waals surface area contributed by atoms with Gasteiger partial charge in [0.25, 0.3) is 5.91 Å². The van der Waals surface area contributed by atoms with E-state index in [-0.39, 0.29) is 11.8 Å². The highest BCUT2D eigenvalue weighted by Crippen LogP contribution is 2.30. The zero-order valence-electron chi connectivity index (χ0n) is 17.1. The van der Waals surface area contributed by atoms with Crippen molar-refractivity contribution in [2.24, 2.45) is 0 Å². The van der Waals surface area contributed by atoms with E-state index in [0.29, 0.717) is 42.4 Å². The SMILES string of the molecule is CC[C@H]1Oc2ccc(NC(=O)Cc3cccs3)cc2CN(Cc2ccc(Cl)cc2)C1=O. The van der Waals surface area contributed by atoms with Crippen LogP contribution in [-0.2, 0) is 29.1 Å². The molecule has 1 aromatic heterocycles. The van der Waals surface area contributed by atoms with E-state index in [2.05, 4.69) is 5.32 Å². The third-order valence-electron chi connectivity index (χ3n) is 5.13. The van der Waals surface area contributed by atoms with Gasteiger partial charge in [0.05, 0.1) is 6.42 Å². The van der Waals surface area contributed by atoms with Crippen LogP contribution in [0.4, 0.5) is 5.69 Å². The molecule has 5 nitrogen and oxygen atoms in total. The first-order valence-corrected chi connectivity index (χ1v) is 11.4. The highest BCUT2D eigenvalue weighted by Gasteiger charge is 2.30. The van der Waals surface area contributed by atoms with Crippen LogP contribution in [0.3, 0.4) is 0 Å². The molecule has 0 saturated carbocycles. The zero-order chi connectivity index (χ0) is 21.8. The largest absolute Gasteiger partial charge is 0.480 e. The van der Waals surface area contributed by atoms with Gasteiger partial charge in [-0.1, -0.05) is 36.7 Å². The van der Waals surface area contributed by atoms with E-state index in [1.165, 1.54) is 0 Å². The number of anilines is 1. The quantitative estimate of drug-likeness (QED) is 0.551. The van der Waals surface area contributed by atoms with E-state index in [4.69, 9.17) is 16.3 Å². The van der Waals surface area contributed by atoms with E-state index in [1.54, 1.807) is 16.2 Å². The monoisotopic (exact) mass is 454 g/mol. The number of ether oxygens (including phenoxy) is 1. The summed E-state index contributed by atoms with van der Waals surface area (Å²) in [7, 11) is 0. The molecule has 0 radical (unpaired) electrons. The van der Waals surface area contributed by atoms with Gasteiger partial charge in [0.15, 0.2) is 6.10 Å². The second-order valence-corrected chi connectivity index (χ2v) is 8.93. The van der Waals surface area contributed by atoms with Crippen LogP contribution in [0.5, 0.6) is 5.75 Å². The number of carbonyl (C=O) groups is 2. The summed E-state index contributed by atoms with van der Waals surface area (Å²) in [5, 5.41) is 5.57. The molecular weight excluding hydrogens is 432 g/mol. The maximum Gasteiger partial charge on any atom is 0.264 e. The Hall–Kier alpha value is -2.83. The summed E-state index contributed by atoms with van der Waals surface area (Å²) < 4.78 is 6.03. The fourth-order valence-electron chi connectivity index (χ4n) is 3.57. The first kappa shape index (κ1) is 21.4. The van der Waals surface area contributed by atoms with Gasteiger partial charge in [-0.05, 0) is 53.8 Å². The average Bonchev–Trinajstić information content (AvgIpc) is 3.22. The molecule has 2 aromatic carbocycles. The Morgan fingerprint density at radius 1 is 1.23 bits per heavy atom. The van der Waals surface area contributed by atoms with Crippen LogP contribution in [0, 0.1) is 0 Å². The highest BCUT2D eigenvalue weighted by atomic mass is 35.5. The summed E-state index contributed by atoms with van der Waals surface area (Å²) in [6.07, 6.45) is 0.381. The predicted octanol–water partition coefficient (Wildman–Crippen LogP) is 5.28. The number of fused-ring (bicyclic) bond motifs is 1. The fraction of sp³-hybridized carbons (Fsp3) is 0.250. The number of amides is 2. The molecular formula is C24H23ClN2O3S. The smallest absolute Gasteiger partial charge is 0.264 e. The highest BCUT2D eigenvalue weighted by molar-refractivity contribution is 7.10. The molecule has 1 atom stereocenters. The lowest BCUT2D eigenvalue weighted by molar-refractivity contribution is -0.139. The van der Waals surface area contributed by atoms with Gasteiger partial charge in [0, 0.05) is 34.2 Å². The van der Waals surface area contributed by atoms with Crippen molar-refractivity contribution in [3.63, 3.8) is 0 Å². The van der Waals surface area contributed by atoms with Gasteiger partial charge in [-0.15, -0.1) is 11.3 Å². The number of nitrogens with zero attached hydrogens (tertiary/aromatic N) is 1. The van der Waals surface area contributed by atoms with Crippen molar-refractivity contribution >= 4 is 40.4 Å². The summed E-state index contributed by atoms with van der Waals surface area (Å²) in [6, 6.07) is 16.9. The van der Waals surface area contributed by atoms with E-state index >= 15 is 0 Å². The molecule has 3 aromatic rings. The molecule has 1 N–H and O–H groups in total. The Kier molecular flexibility index (Phi) is 6.59. The van der Waals surface area contributed by atoms with Gasteiger partial charge >= 0.3 is 0 Å². The fourth-order valence-corrected chi connectivity index (χ4v) is 4.39. The Bertz CT molecular complexity index is 1070. The van der Waals surface area contributed by atoms with Gasteiger partial charge in [0.1, 0.15) is 5.75 Å². The molecule has 2 heterocycles. The predicted molar refractivity (Wildman–Crippen MR) is 124 cm³/mol. The molecule has 31 heavy (non-hydrogen) atoms. The number of rotatable bonds is 6. The van der Waals surface area contributed by atoms with Crippen LogP contribution in [0.15, 0.2) is 60.0 Å². The minimum atomic E-state index is -0.534. The lowest BCUT2D eigenvalue weighted by atomic mass is 10.1. The van der Waals surface area contributed by atoms with Crippen molar-refractivity contribution < 1.29 is 14.3 Å². The minimum Gasteiger partial charge on any atom is -0.480 e. The number of carbonyl (C=O) groups excluding carboxylic acids is 2. The van der Waals surface area contributed by atoms with Crippen LogP contribution >= 0.6 is 22.9 Å². The maximum absolute atomic E-state index is 13.1. The molecule has 0 fully saturated rings.